The van der Waals surface area contributed by atoms with Crippen molar-refractivity contribution in [1.82, 2.24) is 0 Å². The minimum Gasteiger partial charge on any atom is -0.372 e. The molecule has 0 bridgehead atoms. The van der Waals surface area contributed by atoms with E-state index < -0.39 is 0 Å². The molecule has 3 rings (SSSR count). The van der Waals surface area contributed by atoms with Gasteiger partial charge >= 0.3 is 0 Å². The molecule has 1 aliphatic rings. The van der Waals surface area contributed by atoms with E-state index in [1.165, 1.54) is 22.4 Å². The fourth-order valence-electron chi connectivity index (χ4n) is 2.79. The molecule has 0 unspecified atom stereocenters. The Hall–Kier alpha value is -1.80. The molecule has 0 fully saturated rings. The lowest BCUT2D eigenvalue weighted by atomic mass is 10.0. The van der Waals surface area contributed by atoms with Crippen molar-refractivity contribution in [3.05, 3.63) is 65.2 Å². The van der Waals surface area contributed by atoms with Crippen molar-refractivity contribution in [1.29, 1.82) is 0 Å². The average Bonchev–Trinajstić information content (AvgIpc) is 2.94. The minimum atomic E-state index is 0.468. The van der Waals surface area contributed by atoms with E-state index in [0.29, 0.717) is 6.04 Å². The quantitative estimate of drug-likeness (QED) is 0.825. The molecule has 0 spiro atoms. The molecule has 2 aromatic carbocycles. The third kappa shape index (κ3) is 2.56. The highest BCUT2D eigenvalue weighted by atomic mass is 16.5. The van der Waals surface area contributed by atoms with Gasteiger partial charge in [0.25, 0.3) is 0 Å². The van der Waals surface area contributed by atoms with E-state index in [1.54, 1.807) is 0 Å². The standard InChI is InChI=1S/C18H21NO/c1-14(2)19(17-9-4-3-5-10-17)11-15-7-6-8-16-12-20-13-18(15)16/h3-10,14H,11-13H2,1-2H3. The van der Waals surface area contributed by atoms with Gasteiger partial charge in [0.2, 0.25) is 0 Å². The highest BCUT2D eigenvalue weighted by molar-refractivity contribution is 5.49. The van der Waals surface area contributed by atoms with E-state index in [-0.39, 0.29) is 0 Å². The van der Waals surface area contributed by atoms with Gasteiger partial charge in [-0.15, -0.1) is 0 Å². The molecule has 0 aromatic heterocycles. The van der Waals surface area contributed by atoms with Gasteiger partial charge in [-0.05, 0) is 42.7 Å². The number of fused-ring (bicyclic) bond motifs is 1. The Bertz CT molecular complexity index is 577. The van der Waals surface area contributed by atoms with Gasteiger partial charge in [0.05, 0.1) is 13.2 Å². The van der Waals surface area contributed by atoms with Crippen molar-refractivity contribution in [3.8, 4) is 0 Å². The molecule has 0 saturated carbocycles. The molecule has 0 amide bonds. The molecule has 20 heavy (non-hydrogen) atoms. The lowest BCUT2D eigenvalue weighted by Crippen LogP contribution is -2.30. The van der Waals surface area contributed by atoms with Gasteiger partial charge in [0, 0.05) is 18.3 Å². The zero-order chi connectivity index (χ0) is 13.9. The number of anilines is 1. The first kappa shape index (κ1) is 13.2. The maximum atomic E-state index is 5.58. The van der Waals surface area contributed by atoms with Crippen molar-refractivity contribution in [2.24, 2.45) is 0 Å². The van der Waals surface area contributed by atoms with Crippen LogP contribution in [0, 0.1) is 0 Å². The molecule has 0 aliphatic carbocycles. The summed E-state index contributed by atoms with van der Waals surface area (Å²) in [6.45, 7) is 6.94. The number of rotatable bonds is 4. The highest BCUT2D eigenvalue weighted by Crippen LogP contribution is 2.27. The monoisotopic (exact) mass is 267 g/mol. The molecule has 2 aromatic rings. The Morgan fingerprint density at radius 1 is 1.00 bits per heavy atom. The molecule has 2 heteroatoms. The summed E-state index contributed by atoms with van der Waals surface area (Å²) < 4.78 is 5.58. The third-order valence-corrected chi connectivity index (χ3v) is 3.93. The summed E-state index contributed by atoms with van der Waals surface area (Å²) in [6, 6.07) is 17.6. The highest BCUT2D eigenvalue weighted by Gasteiger charge is 2.18. The van der Waals surface area contributed by atoms with Gasteiger partial charge in [-0.1, -0.05) is 36.4 Å². The van der Waals surface area contributed by atoms with Crippen molar-refractivity contribution in [2.75, 3.05) is 4.90 Å². The van der Waals surface area contributed by atoms with Gasteiger partial charge in [-0.2, -0.15) is 0 Å². The second-order valence-corrected chi connectivity index (χ2v) is 5.60. The fourth-order valence-corrected chi connectivity index (χ4v) is 2.79. The predicted molar refractivity (Wildman–Crippen MR) is 82.7 cm³/mol. The number of para-hydroxylation sites is 1. The maximum Gasteiger partial charge on any atom is 0.0728 e. The van der Waals surface area contributed by atoms with E-state index >= 15 is 0 Å². The zero-order valence-corrected chi connectivity index (χ0v) is 12.2. The molecule has 0 radical (unpaired) electrons. The Balaban J connectivity index is 1.90. The molecule has 1 heterocycles. The van der Waals surface area contributed by atoms with E-state index in [9.17, 15) is 0 Å². The Morgan fingerprint density at radius 2 is 1.80 bits per heavy atom. The molecule has 1 aliphatic heterocycles. The molecule has 104 valence electrons. The fraction of sp³-hybridized carbons (Fsp3) is 0.333. The summed E-state index contributed by atoms with van der Waals surface area (Å²) in [5.74, 6) is 0. The number of ether oxygens (including phenoxy) is 1. The largest absolute Gasteiger partial charge is 0.372 e. The van der Waals surface area contributed by atoms with Crippen molar-refractivity contribution in [2.45, 2.75) is 39.6 Å². The van der Waals surface area contributed by atoms with E-state index in [2.05, 4.69) is 67.3 Å². The van der Waals surface area contributed by atoms with E-state index in [0.717, 1.165) is 19.8 Å². The van der Waals surface area contributed by atoms with Crippen LogP contribution < -0.4 is 4.90 Å². The van der Waals surface area contributed by atoms with Crippen LogP contribution in [0.25, 0.3) is 0 Å². The van der Waals surface area contributed by atoms with Crippen LogP contribution in [0.3, 0.4) is 0 Å². The minimum absolute atomic E-state index is 0.468. The number of hydrogen-bond acceptors (Lipinski definition) is 2. The van der Waals surface area contributed by atoms with Gasteiger partial charge in [0.1, 0.15) is 0 Å². The van der Waals surface area contributed by atoms with Crippen molar-refractivity contribution < 1.29 is 4.74 Å². The predicted octanol–water partition coefficient (Wildman–Crippen LogP) is 4.13. The molecular formula is C18H21NO. The van der Waals surface area contributed by atoms with Crippen LogP contribution in [-0.2, 0) is 24.5 Å². The summed E-state index contributed by atoms with van der Waals surface area (Å²) in [5, 5.41) is 0. The Morgan fingerprint density at radius 3 is 2.55 bits per heavy atom. The van der Waals surface area contributed by atoms with Crippen molar-refractivity contribution >= 4 is 5.69 Å². The first-order valence-corrected chi connectivity index (χ1v) is 7.25. The lowest BCUT2D eigenvalue weighted by Gasteiger charge is -2.30. The van der Waals surface area contributed by atoms with Crippen LogP contribution in [0.4, 0.5) is 5.69 Å². The number of benzene rings is 2. The van der Waals surface area contributed by atoms with Crippen LogP contribution in [0.5, 0.6) is 0 Å². The van der Waals surface area contributed by atoms with Gasteiger partial charge in [-0.25, -0.2) is 0 Å². The van der Waals surface area contributed by atoms with Crippen LogP contribution in [0.1, 0.15) is 30.5 Å². The van der Waals surface area contributed by atoms with Crippen LogP contribution in [0.15, 0.2) is 48.5 Å². The van der Waals surface area contributed by atoms with Gasteiger partial charge in [-0.3, -0.25) is 0 Å². The van der Waals surface area contributed by atoms with Crippen LogP contribution in [-0.4, -0.2) is 6.04 Å². The molecule has 0 atom stereocenters. The Kier molecular flexibility index (Phi) is 3.75. The topological polar surface area (TPSA) is 12.5 Å². The Labute approximate surface area is 121 Å². The van der Waals surface area contributed by atoms with Gasteiger partial charge < -0.3 is 9.64 Å². The SMILES string of the molecule is CC(C)N(Cc1cccc2c1COC2)c1ccccc1. The number of nitrogens with zero attached hydrogens (tertiary/aromatic N) is 1. The first-order valence-electron chi connectivity index (χ1n) is 7.25. The summed E-state index contributed by atoms with van der Waals surface area (Å²) in [7, 11) is 0. The van der Waals surface area contributed by atoms with E-state index in [1.807, 2.05) is 0 Å². The van der Waals surface area contributed by atoms with Gasteiger partial charge in [0.15, 0.2) is 0 Å². The maximum absolute atomic E-state index is 5.58. The average molecular weight is 267 g/mol. The molecule has 0 saturated heterocycles. The zero-order valence-electron chi connectivity index (χ0n) is 12.2. The molecule has 2 nitrogen and oxygen atoms in total. The lowest BCUT2D eigenvalue weighted by molar-refractivity contribution is 0.134. The molecule has 0 N–H and O–H groups in total. The second-order valence-electron chi connectivity index (χ2n) is 5.60. The summed E-state index contributed by atoms with van der Waals surface area (Å²) in [6.07, 6.45) is 0. The first-order chi connectivity index (χ1) is 9.75. The summed E-state index contributed by atoms with van der Waals surface area (Å²) in [4.78, 5) is 2.44. The van der Waals surface area contributed by atoms with Crippen LogP contribution in [0.2, 0.25) is 0 Å². The third-order valence-electron chi connectivity index (χ3n) is 3.93. The smallest absolute Gasteiger partial charge is 0.0728 e. The normalized spacial score (nSPS) is 13.6. The second kappa shape index (κ2) is 5.68. The summed E-state index contributed by atoms with van der Waals surface area (Å²) in [5.41, 5.74) is 5.39. The summed E-state index contributed by atoms with van der Waals surface area (Å²) >= 11 is 0. The molecular weight excluding hydrogens is 246 g/mol. The van der Waals surface area contributed by atoms with Crippen molar-refractivity contribution in [3.63, 3.8) is 0 Å². The van der Waals surface area contributed by atoms with Crippen LogP contribution >= 0.6 is 0 Å². The van der Waals surface area contributed by atoms with E-state index in [4.69, 9.17) is 4.74 Å². The number of hydrogen-bond donors (Lipinski definition) is 0.